The number of carbonyl (C=O) groups excluding carboxylic acids is 3. The van der Waals surface area contributed by atoms with Crippen molar-refractivity contribution >= 4 is 17.9 Å². The van der Waals surface area contributed by atoms with Crippen molar-refractivity contribution in [1.82, 2.24) is 35.9 Å². The van der Waals surface area contributed by atoms with E-state index < -0.39 is 23.5 Å². The first-order valence-corrected chi connectivity index (χ1v) is 15.6. The highest BCUT2D eigenvalue weighted by molar-refractivity contribution is 5.93. The van der Waals surface area contributed by atoms with Gasteiger partial charge in [0.2, 0.25) is 23.6 Å². The summed E-state index contributed by atoms with van der Waals surface area (Å²) in [6.45, 7) is 5.96. The summed E-state index contributed by atoms with van der Waals surface area (Å²) in [6.07, 6.45) is 5.21. The van der Waals surface area contributed by atoms with Gasteiger partial charge in [0, 0.05) is 30.8 Å². The molecule has 0 fully saturated rings. The fraction of sp³-hybridized carbons (Fsp3) is 0.229. The van der Waals surface area contributed by atoms with Crippen molar-refractivity contribution in [2.24, 2.45) is 0 Å². The fourth-order valence-electron chi connectivity index (χ4n) is 5.14. The van der Waals surface area contributed by atoms with Crippen molar-refractivity contribution in [3.63, 3.8) is 0 Å². The molecule has 0 unspecified atom stereocenters. The molecule has 2 aromatic carbocycles. The van der Waals surface area contributed by atoms with Gasteiger partial charge in [-0.1, -0.05) is 24.3 Å². The number of hydrogen-bond acceptors (Lipinski definition) is 12. The van der Waals surface area contributed by atoms with E-state index in [1.807, 2.05) is 18.2 Å². The predicted molar refractivity (Wildman–Crippen MR) is 175 cm³/mol. The lowest BCUT2D eigenvalue weighted by atomic mass is 10.0. The number of nitrogens with zero attached hydrogens (tertiary/aromatic N) is 4. The van der Waals surface area contributed by atoms with Crippen LogP contribution in [0.15, 0.2) is 85.2 Å². The molecule has 1 aliphatic heterocycles. The standard InChI is InChI=1S/C35H31N7O8/c1-35(2,3)50-34(45)36-8-7-19-9-20-11-21(10-19)14-38-29(44)25-16-49-33(40-25)27-18-47-31(42-27)23-6-4-5-22(12-23)30-41-26(17-46-30)32-39-24(15-48-32)28(43)37-13-20/h4-6,9-12,15-18H,7-8,13-14H2,1-3H3,(H,36,45)(H,37,43)(H,38,44). The van der Waals surface area contributed by atoms with Crippen LogP contribution in [0.4, 0.5) is 4.79 Å². The highest BCUT2D eigenvalue weighted by Crippen LogP contribution is 2.30. The van der Waals surface area contributed by atoms with E-state index in [-0.39, 0.29) is 48.0 Å². The normalized spacial score (nSPS) is 13.2. The number of rotatable bonds is 3. The topological polar surface area (TPSA) is 201 Å². The summed E-state index contributed by atoms with van der Waals surface area (Å²) in [4.78, 5) is 56.0. The van der Waals surface area contributed by atoms with Crippen LogP contribution >= 0.6 is 0 Å². The van der Waals surface area contributed by atoms with Crippen molar-refractivity contribution in [2.45, 2.75) is 45.9 Å². The van der Waals surface area contributed by atoms with Gasteiger partial charge in [0.25, 0.3) is 11.8 Å². The number of carbonyl (C=O) groups is 3. The molecule has 0 saturated carbocycles. The minimum atomic E-state index is -0.626. The third kappa shape index (κ3) is 7.31. The third-order valence-electron chi connectivity index (χ3n) is 7.38. The summed E-state index contributed by atoms with van der Waals surface area (Å²) in [7, 11) is 0. The molecule has 3 amide bonds. The van der Waals surface area contributed by atoms with E-state index in [0.29, 0.717) is 35.5 Å². The molecule has 1 aliphatic rings. The van der Waals surface area contributed by atoms with Crippen molar-refractivity contribution in [1.29, 1.82) is 0 Å². The van der Waals surface area contributed by atoms with E-state index in [1.54, 1.807) is 45.0 Å². The lowest BCUT2D eigenvalue weighted by Gasteiger charge is -2.19. The Labute approximate surface area is 284 Å². The molecule has 0 saturated heterocycles. The number of hydrogen-bond donors (Lipinski definition) is 3. The van der Waals surface area contributed by atoms with E-state index in [1.165, 1.54) is 25.1 Å². The molecule has 15 heteroatoms. The number of oxazole rings is 4. The lowest BCUT2D eigenvalue weighted by molar-refractivity contribution is 0.0528. The predicted octanol–water partition coefficient (Wildman–Crippen LogP) is 5.55. The first-order valence-electron chi connectivity index (χ1n) is 15.6. The fourth-order valence-corrected chi connectivity index (χ4v) is 5.14. The summed E-state index contributed by atoms with van der Waals surface area (Å²) >= 11 is 0. The Morgan fingerprint density at radius 2 is 1.20 bits per heavy atom. The Balaban J connectivity index is 1.18. The summed E-state index contributed by atoms with van der Waals surface area (Å²) < 4.78 is 27.9. The second-order valence-corrected chi connectivity index (χ2v) is 12.4. The van der Waals surface area contributed by atoms with Crippen molar-refractivity contribution in [3.8, 4) is 46.1 Å². The van der Waals surface area contributed by atoms with Gasteiger partial charge in [0.1, 0.15) is 30.7 Å². The van der Waals surface area contributed by atoms with Gasteiger partial charge in [0.05, 0.1) is 0 Å². The molecule has 3 N–H and O–H groups in total. The van der Waals surface area contributed by atoms with Crippen molar-refractivity contribution < 1.29 is 36.8 Å². The smallest absolute Gasteiger partial charge is 0.407 e. The third-order valence-corrected chi connectivity index (χ3v) is 7.38. The van der Waals surface area contributed by atoms with Gasteiger partial charge in [-0.05, 0) is 62.1 Å². The van der Waals surface area contributed by atoms with Crippen LogP contribution in [0, 0.1) is 0 Å². The number of fused-ring (bicyclic) bond motifs is 16. The summed E-state index contributed by atoms with van der Waals surface area (Å²) in [5.41, 5.74) is 3.71. The molecular formula is C35H31N7O8. The molecule has 6 aromatic rings. The molecule has 7 rings (SSSR count). The van der Waals surface area contributed by atoms with Gasteiger partial charge in [-0.25, -0.2) is 24.7 Å². The first-order chi connectivity index (χ1) is 24.1. The summed E-state index contributed by atoms with van der Waals surface area (Å²) in [5.74, 6) is -0.151. The number of ether oxygens (including phenoxy) is 1. The zero-order valence-electron chi connectivity index (χ0n) is 27.2. The highest BCUT2D eigenvalue weighted by Gasteiger charge is 2.21. The molecule has 0 atom stereocenters. The summed E-state index contributed by atoms with van der Waals surface area (Å²) in [5, 5.41) is 8.47. The summed E-state index contributed by atoms with van der Waals surface area (Å²) in [6, 6.07) is 12.9. The second kappa shape index (κ2) is 13.2. The van der Waals surface area contributed by atoms with E-state index in [9.17, 15) is 14.4 Å². The number of nitrogens with one attached hydrogen (secondary N) is 3. The molecule has 4 aromatic heterocycles. The highest BCUT2D eigenvalue weighted by atomic mass is 16.6. The van der Waals surface area contributed by atoms with Gasteiger partial charge < -0.3 is 38.4 Å². The van der Waals surface area contributed by atoms with Crippen LogP contribution in [-0.4, -0.2) is 50.0 Å². The lowest BCUT2D eigenvalue weighted by Crippen LogP contribution is -2.33. The maximum Gasteiger partial charge on any atom is 0.407 e. The van der Waals surface area contributed by atoms with Gasteiger partial charge in [0.15, 0.2) is 22.8 Å². The number of amides is 3. The first kappa shape index (κ1) is 32.1. The maximum absolute atomic E-state index is 13.1. The van der Waals surface area contributed by atoms with Crippen molar-refractivity contribution in [3.05, 3.63) is 95.6 Å². The SMILES string of the molecule is CC(C)(C)OC(=O)NCCc1cc2cc(c1)CNC(=O)c1coc(n1)-c1coc(n1)-c1cccc(c1)-c1nc(co1)-c1nc(co1)C(=O)NC2. The monoisotopic (exact) mass is 677 g/mol. The number of aromatic nitrogens is 4. The Hall–Kier alpha value is -6.51. The van der Waals surface area contributed by atoms with Gasteiger partial charge in [-0.15, -0.1) is 0 Å². The van der Waals surface area contributed by atoms with Gasteiger partial charge in [-0.2, -0.15) is 0 Å². The molecule has 15 nitrogen and oxygen atoms in total. The maximum atomic E-state index is 13.1. The molecule has 0 radical (unpaired) electrons. The van der Waals surface area contributed by atoms with Crippen LogP contribution in [0.3, 0.4) is 0 Å². The average molecular weight is 678 g/mol. The number of benzene rings is 2. The van der Waals surface area contributed by atoms with Crippen LogP contribution in [0.2, 0.25) is 0 Å². The van der Waals surface area contributed by atoms with Gasteiger partial charge >= 0.3 is 6.09 Å². The van der Waals surface area contributed by atoms with E-state index in [4.69, 9.17) is 22.4 Å². The molecule has 5 heterocycles. The largest absolute Gasteiger partial charge is 0.444 e. The minimum absolute atomic E-state index is 0.0536. The molecule has 0 spiro atoms. The molecule has 0 aliphatic carbocycles. The number of alkyl carbamates (subject to hydrolysis) is 1. The van der Waals surface area contributed by atoms with Crippen molar-refractivity contribution in [2.75, 3.05) is 6.54 Å². The quantitative estimate of drug-likeness (QED) is 0.211. The van der Waals surface area contributed by atoms with Crippen LogP contribution in [0.5, 0.6) is 0 Å². The van der Waals surface area contributed by atoms with Crippen LogP contribution in [0.25, 0.3) is 46.1 Å². The minimum Gasteiger partial charge on any atom is -0.444 e. The van der Waals surface area contributed by atoms with Crippen LogP contribution in [-0.2, 0) is 24.2 Å². The Morgan fingerprint density at radius 3 is 1.72 bits per heavy atom. The Kier molecular flexibility index (Phi) is 8.45. The molecule has 12 bridgehead atoms. The average Bonchev–Trinajstić information content (AvgIpc) is 3.91. The van der Waals surface area contributed by atoms with Crippen LogP contribution < -0.4 is 16.0 Å². The molecule has 50 heavy (non-hydrogen) atoms. The van der Waals surface area contributed by atoms with E-state index in [0.717, 1.165) is 16.7 Å². The molecule has 254 valence electrons. The molecular weight excluding hydrogens is 646 g/mol. The zero-order valence-corrected chi connectivity index (χ0v) is 27.2. The van der Waals surface area contributed by atoms with E-state index >= 15 is 0 Å². The zero-order chi connectivity index (χ0) is 34.8. The Morgan fingerprint density at radius 1 is 0.720 bits per heavy atom. The van der Waals surface area contributed by atoms with Crippen LogP contribution in [0.1, 0.15) is 58.4 Å². The van der Waals surface area contributed by atoms with E-state index in [2.05, 4.69) is 35.9 Å². The Bertz CT molecular complexity index is 2070. The second-order valence-electron chi connectivity index (χ2n) is 12.4. The van der Waals surface area contributed by atoms with Gasteiger partial charge in [-0.3, -0.25) is 9.59 Å².